The van der Waals surface area contributed by atoms with Gasteiger partial charge in [0.2, 0.25) is 0 Å². The molecule has 3 rings (SSSR count). The minimum absolute atomic E-state index is 0.524. The number of hydrogen-bond acceptors (Lipinski definition) is 4. The Kier molecular flexibility index (Phi) is 3.72. The minimum Gasteiger partial charge on any atom is -0.480 e. The molecule has 1 aromatic rings. The Morgan fingerprint density at radius 2 is 2.25 bits per heavy atom. The maximum atomic E-state index is 11.7. The Morgan fingerprint density at radius 1 is 1.40 bits per heavy atom. The zero-order chi connectivity index (χ0) is 14.1. The monoisotopic (exact) mass is 275 g/mol. The predicted molar refractivity (Wildman–Crippen MR) is 75.5 cm³/mol. The number of carboxylic acid groups (broad SMARTS) is 1. The fraction of sp³-hybridized carbons (Fsp3) is 0.600. The van der Waals surface area contributed by atoms with Crippen LogP contribution in [0.2, 0.25) is 0 Å². The van der Waals surface area contributed by atoms with Gasteiger partial charge in [0.25, 0.3) is 0 Å². The molecule has 1 aromatic heterocycles. The van der Waals surface area contributed by atoms with E-state index in [9.17, 15) is 9.90 Å². The summed E-state index contributed by atoms with van der Waals surface area (Å²) in [4.78, 5) is 20.7. The van der Waals surface area contributed by atoms with Gasteiger partial charge in [-0.1, -0.05) is 6.07 Å². The molecule has 0 aromatic carbocycles. The van der Waals surface area contributed by atoms with Crippen molar-refractivity contribution in [2.75, 3.05) is 26.2 Å². The molecule has 108 valence electrons. The first-order valence-corrected chi connectivity index (χ1v) is 7.29. The normalized spacial score (nSPS) is 25.4. The minimum atomic E-state index is -0.797. The molecule has 2 aliphatic heterocycles. The zero-order valence-corrected chi connectivity index (χ0v) is 11.8. The van der Waals surface area contributed by atoms with Crippen LogP contribution in [0.1, 0.15) is 30.3 Å². The van der Waals surface area contributed by atoms with Crippen molar-refractivity contribution in [1.82, 2.24) is 14.8 Å². The summed E-state index contributed by atoms with van der Waals surface area (Å²) >= 11 is 0. The third kappa shape index (κ3) is 2.55. The second-order valence-corrected chi connectivity index (χ2v) is 5.77. The quantitative estimate of drug-likeness (QED) is 0.901. The standard InChI is InChI=1S/C15H21N3O2/c1-11-4-2-6-13(16-11)14(15(19)20)18-9-8-17-7-3-5-12(17)10-18/h2,4,6,12,14H,3,5,7-10H2,1H3,(H,19,20)/t12-,14?/m1/s1. The van der Waals surface area contributed by atoms with Gasteiger partial charge in [-0.05, 0) is 38.4 Å². The van der Waals surface area contributed by atoms with E-state index in [1.165, 1.54) is 19.4 Å². The zero-order valence-electron chi connectivity index (χ0n) is 11.8. The Balaban J connectivity index is 1.82. The molecule has 0 saturated carbocycles. The van der Waals surface area contributed by atoms with Crippen molar-refractivity contribution in [2.24, 2.45) is 0 Å². The molecule has 1 N–H and O–H groups in total. The van der Waals surface area contributed by atoms with E-state index in [2.05, 4.69) is 14.8 Å². The summed E-state index contributed by atoms with van der Waals surface area (Å²) in [6, 6.07) is 5.52. The Morgan fingerprint density at radius 3 is 3.00 bits per heavy atom. The van der Waals surface area contributed by atoms with Crippen LogP contribution in [0.5, 0.6) is 0 Å². The molecular weight excluding hydrogens is 254 g/mol. The maximum absolute atomic E-state index is 11.7. The van der Waals surface area contributed by atoms with Gasteiger partial charge in [-0.2, -0.15) is 0 Å². The molecule has 0 aliphatic carbocycles. The van der Waals surface area contributed by atoms with Crippen LogP contribution in [-0.2, 0) is 4.79 Å². The summed E-state index contributed by atoms with van der Waals surface area (Å²) < 4.78 is 0. The molecule has 0 radical (unpaired) electrons. The number of pyridine rings is 1. The number of rotatable bonds is 3. The highest BCUT2D eigenvalue weighted by Gasteiger charge is 2.37. The first kappa shape index (κ1) is 13.5. The summed E-state index contributed by atoms with van der Waals surface area (Å²) in [5.41, 5.74) is 1.53. The highest BCUT2D eigenvalue weighted by atomic mass is 16.4. The first-order chi connectivity index (χ1) is 9.65. The second-order valence-electron chi connectivity index (χ2n) is 5.77. The predicted octanol–water partition coefficient (Wildman–Crippen LogP) is 1.30. The van der Waals surface area contributed by atoms with Gasteiger partial charge in [0.05, 0.1) is 5.69 Å². The van der Waals surface area contributed by atoms with Crippen molar-refractivity contribution in [3.8, 4) is 0 Å². The lowest BCUT2D eigenvalue weighted by molar-refractivity contribution is -0.145. The van der Waals surface area contributed by atoms with Gasteiger partial charge < -0.3 is 5.11 Å². The summed E-state index contributed by atoms with van der Waals surface area (Å²) in [6.07, 6.45) is 2.42. The van der Waals surface area contributed by atoms with Crippen LogP contribution >= 0.6 is 0 Å². The van der Waals surface area contributed by atoms with Crippen molar-refractivity contribution in [1.29, 1.82) is 0 Å². The molecule has 5 nitrogen and oxygen atoms in total. The van der Waals surface area contributed by atoms with Crippen molar-refractivity contribution in [2.45, 2.75) is 31.8 Å². The van der Waals surface area contributed by atoms with Crippen molar-refractivity contribution in [3.05, 3.63) is 29.6 Å². The summed E-state index contributed by atoms with van der Waals surface area (Å²) in [6.45, 7) is 5.69. The lowest BCUT2D eigenvalue weighted by atomic mass is 10.1. The van der Waals surface area contributed by atoms with Gasteiger partial charge in [0, 0.05) is 31.4 Å². The van der Waals surface area contributed by atoms with E-state index in [1.54, 1.807) is 0 Å². The molecule has 3 heterocycles. The van der Waals surface area contributed by atoms with Gasteiger partial charge >= 0.3 is 5.97 Å². The van der Waals surface area contributed by atoms with Gasteiger partial charge in [-0.3, -0.25) is 19.6 Å². The molecule has 0 spiro atoms. The first-order valence-electron chi connectivity index (χ1n) is 7.29. The average molecular weight is 275 g/mol. The number of carbonyl (C=O) groups is 1. The smallest absolute Gasteiger partial charge is 0.327 e. The largest absolute Gasteiger partial charge is 0.480 e. The number of aromatic nitrogens is 1. The lowest BCUT2D eigenvalue weighted by Gasteiger charge is -2.40. The summed E-state index contributed by atoms with van der Waals surface area (Å²) in [7, 11) is 0. The highest BCUT2D eigenvalue weighted by Crippen LogP contribution is 2.27. The maximum Gasteiger partial charge on any atom is 0.327 e. The van der Waals surface area contributed by atoms with Crippen molar-refractivity contribution >= 4 is 5.97 Å². The van der Waals surface area contributed by atoms with Gasteiger partial charge in [0.15, 0.2) is 6.04 Å². The van der Waals surface area contributed by atoms with Crippen LogP contribution in [0, 0.1) is 6.92 Å². The Bertz CT molecular complexity index is 506. The van der Waals surface area contributed by atoms with E-state index in [0.29, 0.717) is 11.7 Å². The number of aryl methyl sites for hydroxylation is 1. The fourth-order valence-electron chi connectivity index (χ4n) is 3.44. The van der Waals surface area contributed by atoms with Crippen molar-refractivity contribution < 1.29 is 9.90 Å². The molecular formula is C15H21N3O2. The molecule has 0 bridgehead atoms. The third-order valence-corrected chi connectivity index (χ3v) is 4.41. The lowest BCUT2D eigenvalue weighted by Crippen LogP contribution is -2.52. The third-order valence-electron chi connectivity index (χ3n) is 4.41. The highest BCUT2D eigenvalue weighted by molar-refractivity contribution is 5.75. The summed E-state index contributed by atoms with van der Waals surface area (Å²) in [5.74, 6) is -0.797. The van der Waals surface area contributed by atoms with Gasteiger partial charge in [-0.15, -0.1) is 0 Å². The molecule has 5 heteroatoms. The van der Waals surface area contributed by atoms with E-state index in [-0.39, 0.29) is 0 Å². The molecule has 0 amide bonds. The number of piperazine rings is 1. The van der Waals surface area contributed by atoms with Gasteiger partial charge in [0.1, 0.15) is 0 Å². The van der Waals surface area contributed by atoms with E-state index < -0.39 is 12.0 Å². The number of nitrogens with zero attached hydrogens (tertiary/aromatic N) is 3. The number of hydrogen-bond donors (Lipinski definition) is 1. The van der Waals surface area contributed by atoms with Crippen LogP contribution in [0.3, 0.4) is 0 Å². The average Bonchev–Trinajstić information content (AvgIpc) is 2.86. The summed E-state index contributed by atoms with van der Waals surface area (Å²) in [5, 5.41) is 9.62. The number of fused-ring (bicyclic) bond motifs is 1. The van der Waals surface area contributed by atoms with Crippen molar-refractivity contribution in [3.63, 3.8) is 0 Å². The van der Waals surface area contributed by atoms with E-state index in [4.69, 9.17) is 0 Å². The van der Waals surface area contributed by atoms with Crippen LogP contribution in [-0.4, -0.2) is 58.1 Å². The van der Waals surface area contributed by atoms with E-state index >= 15 is 0 Å². The van der Waals surface area contributed by atoms with Crippen LogP contribution < -0.4 is 0 Å². The van der Waals surface area contributed by atoms with E-state index in [1.807, 2.05) is 25.1 Å². The van der Waals surface area contributed by atoms with Crippen LogP contribution in [0.4, 0.5) is 0 Å². The SMILES string of the molecule is Cc1cccc(C(C(=O)O)N2CCN3CCC[C@@H]3C2)n1. The van der Waals surface area contributed by atoms with Gasteiger partial charge in [-0.25, -0.2) is 0 Å². The van der Waals surface area contributed by atoms with E-state index in [0.717, 1.165) is 25.3 Å². The molecule has 1 unspecified atom stereocenters. The Hall–Kier alpha value is -1.46. The van der Waals surface area contributed by atoms with Crippen LogP contribution in [0.25, 0.3) is 0 Å². The molecule has 2 atom stereocenters. The second kappa shape index (κ2) is 5.50. The topological polar surface area (TPSA) is 56.7 Å². The molecule has 20 heavy (non-hydrogen) atoms. The van der Waals surface area contributed by atoms with Crippen LogP contribution in [0.15, 0.2) is 18.2 Å². The Labute approximate surface area is 119 Å². The molecule has 2 saturated heterocycles. The molecule has 2 aliphatic rings. The number of aliphatic carboxylic acids is 1. The molecule has 2 fully saturated rings. The fourth-order valence-corrected chi connectivity index (χ4v) is 3.44. The number of carboxylic acids is 1.